The number of ether oxygens (including phenoxy) is 1. The summed E-state index contributed by atoms with van der Waals surface area (Å²) in [7, 11) is 1.51. The molecule has 0 aliphatic rings. The van der Waals surface area contributed by atoms with Crippen molar-refractivity contribution in [2.75, 3.05) is 40.9 Å². The van der Waals surface area contributed by atoms with E-state index in [0.717, 1.165) is 64.2 Å². The van der Waals surface area contributed by atoms with E-state index in [9.17, 15) is 19.0 Å². The Morgan fingerprint density at radius 1 is 0.443 bits per heavy atom. The van der Waals surface area contributed by atoms with Crippen LogP contribution < -0.4 is 5.32 Å². The summed E-state index contributed by atoms with van der Waals surface area (Å²) < 4.78 is 30.8. The Balaban J connectivity index is 5.05. The van der Waals surface area contributed by atoms with Crippen LogP contribution in [0.15, 0.2) is 36.5 Å². The van der Waals surface area contributed by atoms with Crippen LogP contribution in [0.4, 0.5) is 0 Å². The number of phosphoric acid groups is 1. The van der Waals surface area contributed by atoms with Gasteiger partial charge in [-0.3, -0.25) is 18.6 Å². The van der Waals surface area contributed by atoms with Gasteiger partial charge in [0.05, 0.1) is 33.8 Å². The third-order valence-corrected chi connectivity index (χ3v) is 16.6. The molecule has 0 aliphatic carbocycles. The van der Waals surface area contributed by atoms with Crippen molar-refractivity contribution in [3.8, 4) is 0 Å². The molecule has 2 N–H and O–H groups in total. The van der Waals surface area contributed by atoms with E-state index >= 15 is 0 Å². The normalized spacial score (nSPS) is 13.8. The Hall–Kier alpha value is -1.77. The number of unbranched alkanes of at least 4 members (excludes halogenated alkanes) is 43. The van der Waals surface area contributed by atoms with Crippen LogP contribution in [0.3, 0.4) is 0 Å². The lowest BCUT2D eigenvalue weighted by molar-refractivity contribution is -0.870. The molecule has 0 saturated heterocycles. The Bertz CT molecular complexity index is 1450. The Morgan fingerprint density at radius 3 is 1.16 bits per heavy atom. The van der Waals surface area contributed by atoms with Gasteiger partial charge in [-0.15, -0.1) is 0 Å². The second-order valence-electron chi connectivity index (χ2n) is 24.7. The quantitative estimate of drug-likeness (QED) is 0.0205. The van der Waals surface area contributed by atoms with Crippen LogP contribution in [-0.2, 0) is 27.9 Å². The summed E-state index contributed by atoms with van der Waals surface area (Å²) in [5, 5.41) is 3.07. The second-order valence-corrected chi connectivity index (χ2v) is 26.2. The molecule has 1 amide bonds. The van der Waals surface area contributed by atoms with Gasteiger partial charge in [0.1, 0.15) is 19.3 Å². The van der Waals surface area contributed by atoms with E-state index in [1.54, 1.807) is 0 Å². The number of nitrogens with zero attached hydrogens (tertiary/aromatic N) is 1. The van der Waals surface area contributed by atoms with E-state index < -0.39 is 20.0 Å². The molecule has 0 aliphatic heterocycles. The first-order chi connectivity index (χ1) is 38.4. The predicted octanol–water partition coefficient (Wildman–Crippen LogP) is 21.5. The lowest BCUT2D eigenvalue weighted by atomic mass is 10.0. The first kappa shape index (κ1) is 77.2. The maximum atomic E-state index is 13.6. The third kappa shape index (κ3) is 60.6. The van der Waals surface area contributed by atoms with Gasteiger partial charge in [0.15, 0.2) is 0 Å². The van der Waals surface area contributed by atoms with Crippen LogP contribution in [0.2, 0.25) is 0 Å². The number of hydrogen-bond acceptors (Lipinski definition) is 6. The molecule has 0 heterocycles. The molecule has 9 nitrogen and oxygen atoms in total. The summed E-state index contributed by atoms with van der Waals surface area (Å²) in [6.45, 7) is 7.03. The van der Waals surface area contributed by atoms with Crippen LogP contribution in [-0.4, -0.2) is 74.3 Å². The first-order valence-electron chi connectivity index (χ1n) is 34.3. The van der Waals surface area contributed by atoms with E-state index in [-0.39, 0.29) is 25.1 Å². The largest absolute Gasteiger partial charge is 0.472 e. The second kappa shape index (κ2) is 59.4. The van der Waals surface area contributed by atoms with Crippen LogP contribution >= 0.6 is 7.82 Å². The Morgan fingerprint density at radius 2 is 0.772 bits per heavy atom. The molecular formula is C69H134N2O7P+. The Kier molecular flexibility index (Phi) is 58.1. The van der Waals surface area contributed by atoms with E-state index in [1.807, 2.05) is 33.3 Å². The summed E-state index contributed by atoms with van der Waals surface area (Å²) >= 11 is 0. The van der Waals surface area contributed by atoms with Gasteiger partial charge in [-0.1, -0.05) is 302 Å². The average molecular weight is 1130 g/mol. The summed E-state index contributed by atoms with van der Waals surface area (Å²) in [5.74, 6) is -0.493. The molecule has 0 bridgehead atoms. The molecule has 0 radical (unpaired) electrons. The summed E-state index contributed by atoms with van der Waals surface area (Å²) in [5.41, 5.74) is 0. The highest BCUT2D eigenvalue weighted by Crippen LogP contribution is 2.43. The molecule has 0 spiro atoms. The number of quaternary nitrogens is 1. The van der Waals surface area contributed by atoms with Crippen molar-refractivity contribution in [1.29, 1.82) is 0 Å². The standard InChI is InChI=1S/C69H133N2O7P/c1-7-10-13-16-19-22-25-27-29-31-33-34-35-36-38-40-42-44-47-50-53-56-59-62-69(73)78-67(60-57-54-51-48-45-24-21-18-15-12-9-3)66(65-77-79(74,75)76-64-63-71(4,5)6)70-68(72)61-58-55-52-49-46-43-41-39-37-32-30-28-26-23-20-17-14-11-8-2/h20,23,28,30,57,60,66-67H,7-19,21-22,24-27,29,31-56,58-59,61-65H2,1-6H3,(H-,70,72,74,75)/p+1/b23-20-,30-28-,60-57+. The highest BCUT2D eigenvalue weighted by molar-refractivity contribution is 7.47. The van der Waals surface area contributed by atoms with Gasteiger partial charge in [-0.05, 0) is 63.9 Å². The van der Waals surface area contributed by atoms with Gasteiger partial charge >= 0.3 is 13.8 Å². The number of likely N-dealkylation sites (N-methyl/N-ethyl adjacent to an activating group) is 1. The number of amides is 1. The lowest BCUT2D eigenvalue weighted by Gasteiger charge is -2.27. The van der Waals surface area contributed by atoms with E-state index in [4.69, 9.17) is 13.8 Å². The smallest absolute Gasteiger partial charge is 0.456 e. The predicted molar refractivity (Wildman–Crippen MR) is 342 cm³/mol. The van der Waals surface area contributed by atoms with Crippen LogP contribution in [0, 0.1) is 0 Å². The van der Waals surface area contributed by atoms with Crippen molar-refractivity contribution in [3.63, 3.8) is 0 Å². The molecule has 79 heavy (non-hydrogen) atoms. The van der Waals surface area contributed by atoms with Gasteiger partial charge in [0.2, 0.25) is 5.91 Å². The highest BCUT2D eigenvalue weighted by atomic mass is 31.2. The maximum absolute atomic E-state index is 13.6. The first-order valence-corrected chi connectivity index (χ1v) is 35.8. The van der Waals surface area contributed by atoms with Gasteiger partial charge < -0.3 is 19.4 Å². The number of hydrogen-bond donors (Lipinski definition) is 2. The Labute approximate surface area is 491 Å². The lowest BCUT2D eigenvalue weighted by Crippen LogP contribution is -2.47. The van der Waals surface area contributed by atoms with Gasteiger partial charge in [-0.25, -0.2) is 4.57 Å². The average Bonchev–Trinajstić information content (AvgIpc) is 3.41. The molecule has 0 rings (SSSR count). The number of carbonyl (C=O) groups is 2. The topological polar surface area (TPSA) is 111 Å². The number of phosphoric ester groups is 1. The van der Waals surface area contributed by atoms with E-state index in [1.165, 1.54) is 244 Å². The summed E-state index contributed by atoms with van der Waals surface area (Å²) in [4.78, 5) is 37.8. The molecule has 10 heteroatoms. The molecule has 466 valence electrons. The van der Waals surface area contributed by atoms with Gasteiger partial charge in [0.25, 0.3) is 0 Å². The highest BCUT2D eigenvalue weighted by Gasteiger charge is 2.30. The zero-order valence-electron chi connectivity index (χ0n) is 53.4. The number of nitrogens with one attached hydrogen (secondary N) is 1. The zero-order chi connectivity index (χ0) is 57.9. The molecule has 0 aromatic carbocycles. The molecule has 0 aromatic rings. The minimum atomic E-state index is -4.45. The fourth-order valence-corrected chi connectivity index (χ4v) is 11.0. The molecule has 0 fully saturated rings. The zero-order valence-corrected chi connectivity index (χ0v) is 54.3. The van der Waals surface area contributed by atoms with Gasteiger partial charge in [-0.2, -0.15) is 0 Å². The van der Waals surface area contributed by atoms with E-state index in [2.05, 4.69) is 50.4 Å². The van der Waals surface area contributed by atoms with Crippen molar-refractivity contribution in [1.82, 2.24) is 5.32 Å². The summed E-state index contributed by atoms with van der Waals surface area (Å²) in [6.07, 6.45) is 73.0. The fraction of sp³-hybridized carbons (Fsp3) is 0.884. The summed E-state index contributed by atoms with van der Waals surface area (Å²) in [6, 6.07) is -0.847. The van der Waals surface area contributed by atoms with Crippen molar-refractivity contribution in [3.05, 3.63) is 36.5 Å². The minimum Gasteiger partial charge on any atom is -0.456 e. The molecule has 0 aromatic heterocycles. The van der Waals surface area contributed by atoms with Crippen molar-refractivity contribution in [2.24, 2.45) is 0 Å². The monoisotopic (exact) mass is 1130 g/mol. The molecular weight excluding hydrogens is 1000 g/mol. The maximum Gasteiger partial charge on any atom is 0.472 e. The van der Waals surface area contributed by atoms with Crippen LogP contribution in [0.5, 0.6) is 0 Å². The molecule has 3 unspecified atom stereocenters. The number of esters is 1. The van der Waals surface area contributed by atoms with Gasteiger partial charge in [0, 0.05) is 12.8 Å². The number of rotatable bonds is 63. The van der Waals surface area contributed by atoms with Crippen molar-refractivity contribution >= 4 is 19.7 Å². The van der Waals surface area contributed by atoms with Crippen molar-refractivity contribution in [2.45, 2.75) is 354 Å². The molecule has 3 atom stereocenters. The SMILES string of the molecule is CCCCC/C=C\C/C=C\CCCCCCCCCCCC(=O)NC(COP(=O)(O)OCC[N+](C)(C)C)C(/C=C/CCCCCCCCCCC)OC(=O)CCCCCCCCCCCCCCCCCCCCCCCCC. The van der Waals surface area contributed by atoms with E-state index in [0.29, 0.717) is 23.9 Å². The number of allylic oxidation sites excluding steroid dienone is 5. The third-order valence-electron chi connectivity index (χ3n) is 15.6. The fourth-order valence-electron chi connectivity index (χ4n) is 10.3. The minimum absolute atomic E-state index is 0.0418. The van der Waals surface area contributed by atoms with Crippen LogP contribution in [0.1, 0.15) is 342 Å². The molecule has 0 saturated carbocycles. The van der Waals surface area contributed by atoms with Crippen molar-refractivity contribution < 1.29 is 37.3 Å². The van der Waals surface area contributed by atoms with Crippen LogP contribution in [0.25, 0.3) is 0 Å². The number of carbonyl (C=O) groups excluding carboxylic acids is 2.